The average Bonchev–Trinajstić information content (AvgIpc) is 2.80. The maximum absolute atomic E-state index is 13.1. The molecule has 6 heteroatoms. The van der Waals surface area contributed by atoms with E-state index in [-0.39, 0.29) is 29.6 Å². The predicted molar refractivity (Wildman–Crippen MR) is 118 cm³/mol. The van der Waals surface area contributed by atoms with E-state index in [0.717, 1.165) is 45.3 Å². The zero-order valence-corrected chi connectivity index (χ0v) is 17.8. The Labute approximate surface area is 183 Å². The maximum atomic E-state index is 13.1. The van der Waals surface area contributed by atoms with Crippen molar-refractivity contribution in [1.29, 1.82) is 0 Å². The summed E-state index contributed by atoms with van der Waals surface area (Å²) in [7, 11) is 0. The van der Waals surface area contributed by atoms with Crippen LogP contribution in [0.4, 0.5) is 4.39 Å². The Hall–Kier alpha value is -2.73. The Morgan fingerprint density at radius 2 is 1.65 bits per heavy atom. The Bertz CT molecular complexity index is 879. The van der Waals surface area contributed by atoms with Crippen molar-refractivity contribution in [3.63, 3.8) is 0 Å². The molecule has 0 radical (unpaired) electrons. The number of nitrogens with zero attached hydrogens (tertiary/aromatic N) is 2. The summed E-state index contributed by atoms with van der Waals surface area (Å²) in [6.45, 7) is 4.08. The van der Waals surface area contributed by atoms with Crippen LogP contribution in [0.3, 0.4) is 0 Å². The second-order valence-electron chi connectivity index (χ2n) is 8.64. The molecule has 164 valence electrons. The number of likely N-dealkylation sites (tertiary alicyclic amines) is 2. The summed E-state index contributed by atoms with van der Waals surface area (Å²) in [6, 6.07) is 16.0. The van der Waals surface area contributed by atoms with Crippen LogP contribution >= 0.6 is 0 Å². The van der Waals surface area contributed by atoms with Crippen molar-refractivity contribution in [2.75, 3.05) is 26.2 Å². The normalized spacial score (nSPS) is 20.4. The van der Waals surface area contributed by atoms with E-state index in [1.54, 1.807) is 0 Å². The van der Waals surface area contributed by atoms with Crippen LogP contribution in [0.5, 0.6) is 0 Å². The van der Waals surface area contributed by atoms with Gasteiger partial charge in [-0.05, 0) is 62.1 Å². The van der Waals surface area contributed by atoms with Crippen LogP contribution in [-0.2, 0) is 11.3 Å². The van der Waals surface area contributed by atoms with Gasteiger partial charge in [-0.15, -0.1) is 0 Å². The van der Waals surface area contributed by atoms with E-state index in [9.17, 15) is 14.0 Å². The summed E-state index contributed by atoms with van der Waals surface area (Å²) >= 11 is 0. The lowest BCUT2D eigenvalue weighted by Gasteiger charge is -2.38. The highest BCUT2D eigenvalue weighted by Crippen LogP contribution is 2.23. The summed E-state index contributed by atoms with van der Waals surface area (Å²) in [5.74, 6) is -0.231. The SMILES string of the molecule is O=C(NC1CCN(C(=O)C2CCCN(Cc3ccccc3)C2)CC1)c1ccc(F)cc1. The van der Waals surface area contributed by atoms with Gasteiger partial charge in [-0.3, -0.25) is 14.5 Å². The molecule has 0 saturated carbocycles. The van der Waals surface area contributed by atoms with E-state index in [4.69, 9.17) is 0 Å². The molecule has 5 nitrogen and oxygen atoms in total. The highest BCUT2D eigenvalue weighted by atomic mass is 19.1. The Morgan fingerprint density at radius 3 is 2.35 bits per heavy atom. The molecule has 0 spiro atoms. The van der Waals surface area contributed by atoms with Crippen molar-refractivity contribution < 1.29 is 14.0 Å². The Morgan fingerprint density at radius 1 is 0.935 bits per heavy atom. The molecule has 1 atom stereocenters. The van der Waals surface area contributed by atoms with Crippen LogP contribution in [0.1, 0.15) is 41.6 Å². The molecule has 2 heterocycles. The first-order chi connectivity index (χ1) is 15.1. The van der Waals surface area contributed by atoms with Crippen LogP contribution in [0.2, 0.25) is 0 Å². The zero-order chi connectivity index (χ0) is 21.6. The summed E-state index contributed by atoms with van der Waals surface area (Å²) in [5.41, 5.74) is 1.74. The lowest BCUT2D eigenvalue weighted by atomic mass is 9.94. The zero-order valence-electron chi connectivity index (χ0n) is 17.8. The number of nitrogens with one attached hydrogen (secondary N) is 1. The molecule has 4 rings (SSSR count). The van der Waals surface area contributed by atoms with Gasteiger partial charge in [0.1, 0.15) is 5.82 Å². The van der Waals surface area contributed by atoms with E-state index >= 15 is 0 Å². The van der Waals surface area contributed by atoms with Gasteiger partial charge in [-0.25, -0.2) is 4.39 Å². The number of carbonyl (C=O) groups excluding carboxylic acids is 2. The number of benzene rings is 2. The van der Waals surface area contributed by atoms with Crippen LogP contribution in [0, 0.1) is 11.7 Å². The minimum absolute atomic E-state index is 0.0440. The van der Waals surface area contributed by atoms with Gasteiger partial charge >= 0.3 is 0 Å². The molecule has 2 aromatic carbocycles. The first-order valence-electron chi connectivity index (χ1n) is 11.2. The van der Waals surface area contributed by atoms with Gasteiger partial charge in [0.15, 0.2) is 0 Å². The van der Waals surface area contributed by atoms with Gasteiger partial charge in [0.05, 0.1) is 5.92 Å². The molecule has 0 aliphatic carbocycles. The molecule has 2 aliphatic heterocycles. The third-order valence-electron chi connectivity index (χ3n) is 6.35. The number of piperidine rings is 2. The minimum atomic E-state index is -0.353. The lowest BCUT2D eigenvalue weighted by Crippen LogP contribution is -2.50. The van der Waals surface area contributed by atoms with Crippen LogP contribution in [0.15, 0.2) is 54.6 Å². The van der Waals surface area contributed by atoms with Crippen LogP contribution in [-0.4, -0.2) is 53.8 Å². The fourth-order valence-electron chi connectivity index (χ4n) is 4.61. The molecule has 1 unspecified atom stereocenters. The molecule has 31 heavy (non-hydrogen) atoms. The fraction of sp³-hybridized carbons (Fsp3) is 0.440. The fourth-order valence-corrected chi connectivity index (χ4v) is 4.61. The second-order valence-corrected chi connectivity index (χ2v) is 8.64. The van der Waals surface area contributed by atoms with Gasteiger partial charge in [-0.2, -0.15) is 0 Å². The third kappa shape index (κ3) is 5.70. The first kappa shape index (κ1) is 21.5. The number of hydrogen-bond donors (Lipinski definition) is 1. The standard InChI is InChI=1S/C25H30FN3O2/c26-22-10-8-20(9-11-22)24(30)27-23-12-15-29(16-13-23)25(31)21-7-4-14-28(18-21)17-19-5-2-1-3-6-19/h1-3,5-6,8-11,21,23H,4,7,12-18H2,(H,27,30). The molecule has 2 amide bonds. The largest absolute Gasteiger partial charge is 0.349 e. The molecular weight excluding hydrogens is 393 g/mol. The number of rotatable bonds is 5. The smallest absolute Gasteiger partial charge is 0.251 e. The number of carbonyl (C=O) groups is 2. The van der Waals surface area contributed by atoms with Gasteiger partial charge in [0.25, 0.3) is 5.91 Å². The molecular formula is C25H30FN3O2. The minimum Gasteiger partial charge on any atom is -0.349 e. The van der Waals surface area contributed by atoms with E-state index in [1.807, 2.05) is 11.0 Å². The van der Waals surface area contributed by atoms with Gasteiger partial charge < -0.3 is 10.2 Å². The first-order valence-corrected chi connectivity index (χ1v) is 11.2. The Balaban J connectivity index is 1.25. The van der Waals surface area contributed by atoms with E-state index in [1.165, 1.54) is 29.8 Å². The van der Waals surface area contributed by atoms with E-state index < -0.39 is 0 Å². The topological polar surface area (TPSA) is 52.7 Å². The van der Waals surface area contributed by atoms with Crippen LogP contribution < -0.4 is 5.32 Å². The van der Waals surface area contributed by atoms with Gasteiger partial charge in [0, 0.05) is 37.8 Å². The molecule has 2 saturated heterocycles. The van der Waals surface area contributed by atoms with E-state index in [0.29, 0.717) is 18.7 Å². The predicted octanol–water partition coefficient (Wildman–Crippen LogP) is 3.46. The lowest BCUT2D eigenvalue weighted by molar-refractivity contribution is -0.138. The second kappa shape index (κ2) is 10.1. The molecule has 2 aliphatic rings. The van der Waals surface area contributed by atoms with E-state index in [2.05, 4.69) is 34.5 Å². The number of halogens is 1. The Kier molecular flexibility index (Phi) is 6.97. The molecule has 1 N–H and O–H groups in total. The molecule has 2 fully saturated rings. The molecule has 0 bridgehead atoms. The van der Waals surface area contributed by atoms with Crippen molar-refractivity contribution >= 4 is 11.8 Å². The van der Waals surface area contributed by atoms with Crippen molar-refractivity contribution in [2.24, 2.45) is 5.92 Å². The van der Waals surface area contributed by atoms with Crippen molar-refractivity contribution in [3.05, 3.63) is 71.5 Å². The van der Waals surface area contributed by atoms with Crippen molar-refractivity contribution in [3.8, 4) is 0 Å². The summed E-state index contributed by atoms with van der Waals surface area (Å²) in [5, 5.41) is 3.02. The average molecular weight is 424 g/mol. The molecule has 2 aromatic rings. The third-order valence-corrected chi connectivity index (χ3v) is 6.35. The maximum Gasteiger partial charge on any atom is 0.251 e. The van der Waals surface area contributed by atoms with Gasteiger partial charge in [0.2, 0.25) is 5.91 Å². The number of amides is 2. The monoisotopic (exact) mass is 423 g/mol. The number of hydrogen-bond acceptors (Lipinski definition) is 3. The van der Waals surface area contributed by atoms with Gasteiger partial charge in [-0.1, -0.05) is 30.3 Å². The van der Waals surface area contributed by atoms with Crippen molar-refractivity contribution in [2.45, 2.75) is 38.3 Å². The highest BCUT2D eigenvalue weighted by molar-refractivity contribution is 5.94. The summed E-state index contributed by atoms with van der Waals surface area (Å²) in [6.07, 6.45) is 3.50. The van der Waals surface area contributed by atoms with Crippen LogP contribution in [0.25, 0.3) is 0 Å². The summed E-state index contributed by atoms with van der Waals surface area (Å²) < 4.78 is 13.0. The van der Waals surface area contributed by atoms with Crippen molar-refractivity contribution in [1.82, 2.24) is 15.1 Å². The highest BCUT2D eigenvalue weighted by Gasteiger charge is 2.31. The summed E-state index contributed by atoms with van der Waals surface area (Å²) in [4.78, 5) is 29.8. The quantitative estimate of drug-likeness (QED) is 0.801. The molecule has 0 aromatic heterocycles.